The summed E-state index contributed by atoms with van der Waals surface area (Å²) in [4.78, 5) is 16.2. The third-order valence-electron chi connectivity index (χ3n) is 3.18. The van der Waals surface area contributed by atoms with Gasteiger partial charge in [0.2, 0.25) is 5.91 Å². The van der Waals surface area contributed by atoms with Gasteiger partial charge < -0.3 is 4.90 Å². The lowest BCUT2D eigenvalue weighted by molar-refractivity contribution is -0.133. The van der Waals surface area contributed by atoms with E-state index >= 15 is 0 Å². The van der Waals surface area contributed by atoms with Crippen LogP contribution in [0.25, 0.3) is 0 Å². The number of piperazine rings is 1. The number of rotatable bonds is 4. The molecule has 1 aromatic rings. The fraction of sp³-hybridized carbons (Fsp3) is 0.615. The minimum Gasteiger partial charge on any atom is -0.340 e. The fourth-order valence-electron chi connectivity index (χ4n) is 2.17. The maximum Gasteiger partial charge on any atom is 0.222 e. The molecule has 1 amide bonds. The Morgan fingerprint density at radius 2 is 2.12 bits per heavy atom. The van der Waals surface area contributed by atoms with Crippen molar-refractivity contribution in [2.75, 3.05) is 26.2 Å². The Labute approximate surface area is 107 Å². The molecular formula is C13H20N2OS. The van der Waals surface area contributed by atoms with E-state index < -0.39 is 0 Å². The average Bonchev–Trinajstić information content (AvgIpc) is 2.83. The lowest BCUT2D eigenvalue weighted by Crippen LogP contribution is -2.48. The number of carbonyl (C=O) groups excluding carboxylic acids is 1. The van der Waals surface area contributed by atoms with Crippen molar-refractivity contribution in [2.24, 2.45) is 0 Å². The van der Waals surface area contributed by atoms with Gasteiger partial charge in [0.05, 0.1) is 0 Å². The van der Waals surface area contributed by atoms with Crippen LogP contribution in [-0.4, -0.2) is 41.9 Å². The molecule has 0 saturated carbocycles. The van der Waals surface area contributed by atoms with Gasteiger partial charge >= 0.3 is 0 Å². The molecule has 4 heteroatoms. The monoisotopic (exact) mass is 252 g/mol. The third kappa shape index (κ3) is 3.54. The van der Waals surface area contributed by atoms with Crippen molar-refractivity contribution in [3.63, 3.8) is 0 Å². The van der Waals surface area contributed by atoms with Crippen LogP contribution in [0.4, 0.5) is 0 Å². The molecule has 2 rings (SSSR count). The molecule has 1 saturated heterocycles. The molecular weight excluding hydrogens is 232 g/mol. The fourth-order valence-corrected chi connectivity index (χ4v) is 2.83. The summed E-state index contributed by atoms with van der Waals surface area (Å²) in [5.41, 5.74) is 1.39. The van der Waals surface area contributed by atoms with E-state index in [0.29, 0.717) is 12.3 Å². The number of carbonyl (C=O) groups is 1. The highest BCUT2D eigenvalue weighted by Crippen LogP contribution is 2.12. The zero-order valence-corrected chi connectivity index (χ0v) is 11.2. The Hall–Kier alpha value is -0.870. The Morgan fingerprint density at radius 3 is 2.71 bits per heavy atom. The van der Waals surface area contributed by atoms with Crippen LogP contribution in [-0.2, 0) is 11.3 Å². The molecule has 1 aromatic heterocycles. The topological polar surface area (TPSA) is 23.6 Å². The van der Waals surface area contributed by atoms with E-state index in [1.807, 2.05) is 4.90 Å². The van der Waals surface area contributed by atoms with Crippen LogP contribution < -0.4 is 0 Å². The molecule has 0 bridgehead atoms. The molecule has 17 heavy (non-hydrogen) atoms. The first-order valence-corrected chi connectivity index (χ1v) is 7.25. The molecule has 1 fully saturated rings. The number of hydrogen-bond acceptors (Lipinski definition) is 3. The first-order chi connectivity index (χ1) is 8.29. The molecule has 2 heterocycles. The Bertz CT molecular complexity index is 342. The molecule has 0 spiro atoms. The van der Waals surface area contributed by atoms with Gasteiger partial charge in [0.15, 0.2) is 0 Å². The molecule has 0 unspecified atom stereocenters. The van der Waals surface area contributed by atoms with Crippen molar-refractivity contribution in [3.05, 3.63) is 22.4 Å². The van der Waals surface area contributed by atoms with Gasteiger partial charge in [0.1, 0.15) is 0 Å². The summed E-state index contributed by atoms with van der Waals surface area (Å²) in [7, 11) is 0. The van der Waals surface area contributed by atoms with Crippen molar-refractivity contribution in [3.8, 4) is 0 Å². The van der Waals surface area contributed by atoms with E-state index in [2.05, 4.69) is 28.7 Å². The second-order valence-electron chi connectivity index (χ2n) is 4.54. The van der Waals surface area contributed by atoms with E-state index in [9.17, 15) is 4.79 Å². The van der Waals surface area contributed by atoms with Crippen LogP contribution in [0, 0.1) is 0 Å². The third-order valence-corrected chi connectivity index (χ3v) is 3.91. The van der Waals surface area contributed by atoms with Crippen molar-refractivity contribution in [1.29, 1.82) is 0 Å². The summed E-state index contributed by atoms with van der Waals surface area (Å²) in [6.07, 6.45) is 1.65. The molecule has 0 atom stereocenters. The number of amides is 1. The predicted octanol–water partition coefficient (Wildman–Crippen LogP) is 2.19. The second-order valence-corrected chi connectivity index (χ2v) is 5.32. The van der Waals surface area contributed by atoms with E-state index in [1.165, 1.54) is 5.56 Å². The quantitative estimate of drug-likeness (QED) is 0.820. The van der Waals surface area contributed by atoms with Gasteiger partial charge in [-0.25, -0.2) is 0 Å². The van der Waals surface area contributed by atoms with Crippen molar-refractivity contribution in [1.82, 2.24) is 9.80 Å². The Kier molecular flexibility index (Phi) is 4.57. The average molecular weight is 252 g/mol. The SMILES string of the molecule is CCCC(=O)N1CCN(Cc2ccsc2)CC1. The summed E-state index contributed by atoms with van der Waals surface area (Å²) in [6.45, 7) is 6.88. The lowest BCUT2D eigenvalue weighted by Gasteiger charge is -2.34. The van der Waals surface area contributed by atoms with Crippen molar-refractivity contribution in [2.45, 2.75) is 26.3 Å². The predicted molar refractivity (Wildman–Crippen MR) is 71.1 cm³/mol. The molecule has 94 valence electrons. The van der Waals surface area contributed by atoms with Crippen molar-refractivity contribution >= 4 is 17.2 Å². The van der Waals surface area contributed by atoms with Crippen LogP contribution in [0.3, 0.4) is 0 Å². The standard InChI is InChI=1S/C13H20N2OS/c1-2-3-13(16)15-7-5-14(6-8-15)10-12-4-9-17-11-12/h4,9,11H,2-3,5-8,10H2,1H3. The summed E-state index contributed by atoms with van der Waals surface area (Å²) in [5.74, 6) is 0.322. The highest BCUT2D eigenvalue weighted by atomic mass is 32.1. The van der Waals surface area contributed by atoms with E-state index in [1.54, 1.807) is 11.3 Å². The first-order valence-electron chi connectivity index (χ1n) is 6.31. The minimum atomic E-state index is 0.322. The number of thiophene rings is 1. The molecule has 1 aliphatic rings. The van der Waals surface area contributed by atoms with E-state index in [0.717, 1.165) is 39.1 Å². The lowest BCUT2D eigenvalue weighted by atomic mass is 10.2. The van der Waals surface area contributed by atoms with Gasteiger partial charge in [-0.3, -0.25) is 9.69 Å². The van der Waals surface area contributed by atoms with Crippen LogP contribution in [0.2, 0.25) is 0 Å². The Morgan fingerprint density at radius 1 is 1.35 bits per heavy atom. The summed E-state index contributed by atoms with van der Waals surface area (Å²) < 4.78 is 0. The zero-order chi connectivity index (χ0) is 12.1. The van der Waals surface area contributed by atoms with Gasteiger partial charge in [-0.05, 0) is 28.8 Å². The molecule has 0 aromatic carbocycles. The summed E-state index contributed by atoms with van der Waals surface area (Å²) >= 11 is 1.75. The van der Waals surface area contributed by atoms with Gasteiger partial charge in [0.25, 0.3) is 0 Å². The largest absolute Gasteiger partial charge is 0.340 e. The van der Waals surface area contributed by atoms with Gasteiger partial charge in [-0.1, -0.05) is 6.92 Å². The maximum absolute atomic E-state index is 11.7. The highest BCUT2D eigenvalue weighted by molar-refractivity contribution is 7.07. The van der Waals surface area contributed by atoms with Gasteiger partial charge in [-0.15, -0.1) is 0 Å². The minimum absolute atomic E-state index is 0.322. The van der Waals surface area contributed by atoms with Gasteiger partial charge in [-0.2, -0.15) is 11.3 Å². The first kappa shape index (κ1) is 12.6. The summed E-state index contributed by atoms with van der Waals surface area (Å²) in [5, 5.41) is 4.32. The Balaban J connectivity index is 1.76. The van der Waals surface area contributed by atoms with Crippen LogP contribution in [0.5, 0.6) is 0 Å². The summed E-state index contributed by atoms with van der Waals surface area (Å²) in [6, 6.07) is 2.18. The van der Waals surface area contributed by atoms with E-state index in [4.69, 9.17) is 0 Å². The molecule has 0 radical (unpaired) electrons. The number of hydrogen-bond donors (Lipinski definition) is 0. The molecule has 3 nitrogen and oxygen atoms in total. The molecule has 1 aliphatic heterocycles. The van der Waals surface area contributed by atoms with Crippen molar-refractivity contribution < 1.29 is 4.79 Å². The van der Waals surface area contributed by atoms with Crippen LogP contribution in [0.15, 0.2) is 16.8 Å². The highest BCUT2D eigenvalue weighted by Gasteiger charge is 2.20. The maximum atomic E-state index is 11.7. The molecule has 0 N–H and O–H groups in total. The zero-order valence-electron chi connectivity index (χ0n) is 10.4. The molecule has 0 aliphatic carbocycles. The van der Waals surface area contributed by atoms with Crippen LogP contribution >= 0.6 is 11.3 Å². The van der Waals surface area contributed by atoms with Gasteiger partial charge in [0, 0.05) is 39.1 Å². The van der Waals surface area contributed by atoms with E-state index in [-0.39, 0.29) is 0 Å². The number of nitrogens with zero attached hydrogens (tertiary/aromatic N) is 2. The second kappa shape index (κ2) is 6.17. The smallest absolute Gasteiger partial charge is 0.222 e. The normalized spacial score (nSPS) is 17.4. The van der Waals surface area contributed by atoms with Crippen LogP contribution in [0.1, 0.15) is 25.3 Å².